The van der Waals surface area contributed by atoms with Crippen LogP contribution in [0, 0.1) is 5.41 Å². The highest BCUT2D eigenvalue weighted by molar-refractivity contribution is 8.26. The summed E-state index contributed by atoms with van der Waals surface area (Å²) in [5.41, 5.74) is 2.89. The smallest absolute Gasteiger partial charge is 0.340 e. The van der Waals surface area contributed by atoms with Gasteiger partial charge in [-0.05, 0) is 35.3 Å². The van der Waals surface area contributed by atoms with E-state index in [0.29, 0.717) is 22.5 Å². The van der Waals surface area contributed by atoms with Crippen molar-refractivity contribution in [3.8, 4) is 0 Å². The first kappa shape index (κ1) is 15.8. The summed E-state index contributed by atoms with van der Waals surface area (Å²) in [6, 6.07) is 14.8. The second-order valence-corrected chi connectivity index (χ2v) is 8.52. The third-order valence-electron chi connectivity index (χ3n) is 4.40. The summed E-state index contributed by atoms with van der Waals surface area (Å²) >= 11 is 3.32. The van der Waals surface area contributed by atoms with Gasteiger partial charge in [0.25, 0.3) is 0 Å². The molecule has 0 bridgehead atoms. The summed E-state index contributed by atoms with van der Waals surface area (Å²) in [6.07, 6.45) is 0.812. The number of rotatable bonds is 3. The van der Waals surface area contributed by atoms with Crippen LogP contribution in [0.3, 0.4) is 0 Å². The van der Waals surface area contributed by atoms with Gasteiger partial charge in [-0.15, -0.1) is 11.8 Å². The first-order chi connectivity index (χ1) is 11.7. The number of hydrogen-bond donors (Lipinski definition) is 1. The summed E-state index contributed by atoms with van der Waals surface area (Å²) in [5, 5.41) is 11.3. The predicted octanol–water partition coefficient (Wildman–Crippen LogP) is 4.93. The van der Waals surface area contributed by atoms with Gasteiger partial charge in [-0.1, -0.05) is 54.2 Å². The van der Waals surface area contributed by atoms with Gasteiger partial charge in [0, 0.05) is 5.25 Å². The van der Waals surface area contributed by atoms with Crippen molar-refractivity contribution in [1.82, 2.24) is 0 Å². The van der Waals surface area contributed by atoms with Gasteiger partial charge >= 0.3 is 5.97 Å². The molecule has 1 N–H and O–H groups in total. The maximum atomic E-state index is 12.2. The minimum absolute atomic E-state index is 0.167. The molecule has 2 aromatic carbocycles. The van der Waals surface area contributed by atoms with Gasteiger partial charge in [-0.25, -0.2) is 4.79 Å². The van der Waals surface area contributed by atoms with E-state index in [9.17, 15) is 4.79 Å². The quantitative estimate of drug-likeness (QED) is 0.793. The van der Waals surface area contributed by atoms with Crippen LogP contribution in [0.2, 0.25) is 0 Å². The van der Waals surface area contributed by atoms with E-state index < -0.39 is 0 Å². The van der Waals surface area contributed by atoms with Gasteiger partial charge in [0.1, 0.15) is 5.04 Å². The number of carbonyl (C=O) groups is 1. The van der Waals surface area contributed by atoms with E-state index in [0.717, 1.165) is 12.0 Å². The lowest BCUT2D eigenvalue weighted by Crippen LogP contribution is -2.12. The van der Waals surface area contributed by atoms with Crippen LogP contribution in [0.15, 0.2) is 53.6 Å². The molecule has 2 aliphatic rings. The predicted molar refractivity (Wildman–Crippen MR) is 102 cm³/mol. The molecule has 2 heterocycles. The summed E-state index contributed by atoms with van der Waals surface area (Å²) in [5.74, 6) is -0.341. The Morgan fingerprint density at radius 2 is 2.04 bits per heavy atom. The Balaban J connectivity index is 1.71. The molecule has 0 saturated carbocycles. The number of nitrogens with one attached hydrogen (secondary N) is 1. The normalized spacial score (nSPS) is 23.0. The van der Waals surface area contributed by atoms with Crippen LogP contribution in [0.1, 0.15) is 24.2 Å². The van der Waals surface area contributed by atoms with E-state index in [2.05, 4.69) is 42.5 Å². The Labute approximate surface area is 149 Å². The topological polar surface area (TPSA) is 50.2 Å². The highest BCUT2D eigenvalue weighted by Crippen LogP contribution is 2.57. The van der Waals surface area contributed by atoms with Crippen molar-refractivity contribution >= 4 is 45.3 Å². The molecule has 24 heavy (non-hydrogen) atoms. The zero-order valence-electron chi connectivity index (χ0n) is 13.2. The largest absolute Gasteiger partial charge is 0.462 e. The van der Waals surface area contributed by atoms with Gasteiger partial charge in [-0.3, -0.25) is 5.41 Å². The summed E-state index contributed by atoms with van der Waals surface area (Å²) in [4.78, 5) is 12.2. The van der Waals surface area contributed by atoms with Crippen molar-refractivity contribution in [1.29, 1.82) is 5.41 Å². The molecule has 2 aliphatic heterocycles. The standard InChI is InChI=1S/C19H17NO2S2/c1-2-22-18(21)16-14-10-15(23-19(14)24-17(16)20)13-9-5-7-11-6-3-4-8-12(11)13/h3-9,15,19-20H,2,10H2,1H3. The molecular formula is C19H17NO2S2. The van der Waals surface area contributed by atoms with E-state index in [4.69, 9.17) is 10.1 Å². The monoisotopic (exact) mass is 355 g/mol. The molecule has 0 aliphatic carbocycles. The van der Waals surface area contributed by atoms with Gasteiger partial charge in [0.15, 0.2) is 0 Å². The summed E-state index contributed by atoms with van der Waals surface area (Å²) in [7, 11) is 0. The molecule has 1 saturated heterocycles. The van der Waals surface area contributed by atoms with Crippen LogP contribution < -0.4 is 0 Å². The van der Waals surface area contributed by atoms with Crippen molar-refractivity contribution in [2.24, 2.45) is 0 Å². The third kappa shape index (κ3) is 2.56. The fourth-order valence-corrected chi connectivity index (χ4v) is 6.47. The van der Waals surface area contributed by atoms with Crippen LogP contribution in [0.5, 0.6) is 0 Å². The molecule has 1 fully saturated rings. The Hall–Kier alpha value is -1.72. The third-order valence-corrected chi connectivity index (χ3v) is 7.24. The molecule has 0 aromatic heterocycles. The minimum atomic E-state index is -0.341. The van der Waals surface area contributed by atoms with E-state index >= 15 is 0 Å². The first-order valence-corrected chi connectivity index (χ1v) is 9.80. The molecule has 5 heteroatoms. The Morgan fingerprint density at radius 3 is 2.88 bits per heavy atom. The number of carbonyl (C=O) groups excluding carboxylic acids is 1. The number of thioether (sulfide) groups is 2. The lowest BCUT2D eigenvalue weighted by atomic mass is 9.97. The molecule has 122 valence electrons. The molecule has 0 amide bonds. The van der Waals surface area contributed by atoms with Crippen molar-refractivity contribution in [3.63, 3.8) is 0 Å². The second kappa shape index (κ2) is 6.30. The Bertz CT molecular complexity index is 869. The average molecular weight is 355 g/mol. The molecule has 2 atom stereocenters. The summed E-state index contributed by atoms with van der Waals surface area (Å²) < 4.78 is 5.32. The molecule has 4 rings (SSSR count). The zero-order chi connectivity index (χ0) is 16.7. The second-order valence-electron chi connectivity index (χ2n) is 5.80. The molecule has 3 nitrogen and oxygen atoms in total. The van der Waals surface area contributed by atoms with Crippen LogP contribution in [-0.2, 0) is 9.53 Å². The van der Waals surface area contributed by atoms with Crippen LogP contribution >= 0.6 is 23.5 Å². The minimum Gasteiger partial charge on any atom is -0.462 e. The van der Waals surface area contributed by atoms with Gasteiger partial charge < -0.3 is 4.74 Å². The maximum absolute atomic E-state index is 12.2. The number of ether oxygens (including phenoxy) is 1. The van der Waals surface area contributed by atoms with Gasteiger partial charge in [0.2, 0.25) is 0 Å². The molecule has 0 spiro atoms. The molecule has 2 aromatic rings. The van der Waals surface area contributed by atoms with Crippen molar-refractivity contribution in [3.05, 3.63) is 59.2 Å². The fourth-order valence-electron chi connectivity index (χ4n) is 3.35. The maximum Gasteiger partial charge on any atom is 0.340 e. The first-order valence-electron chi connectivity index (χ1n) is 7.98. The molecular weight excluding hydrogens is 338 g/mol. The van der Waals surface area contributed by atoms with Gasteiger partial charge in [0.05, 0.1) is 16.8 Å². The van der Waals surface area contributed by atoms with Gasteiger partial charge in [-0.2, -0.15) is 0 Å². The van der Waals surface area contributed by atoms with Crippen LogP contribution in [-0.4, -0.2) is 22.2 Å². The van der Waals surface area contributed by atoms with Crippen LogP contribution in [0.4, 0.5) is 0 Å². The van der Waals surface area contributed by atoms with Crippen molar-refractivity contribution in [2.45, 2.75) is 23.2 Å². The van der Waals surface area contributed by atoms with Crippen molar-refractivity contribution in [2.75, 3.05) is 6.61 Å². The molecule has 0 radical (unpaired) electrons. The average Bonchev–Trinajstić information content (AvgIpc) is 3.10. The Kier molecular flexibility index (Phi) is 4.14. The lowest BCUT2D eigenvalue weighted by Gasteiger charge is -2.14. The number of fused-ring (bicyclic) bond motifs is 2. The van der Waals surface area contributed by atoms with E-state index in [1.807, 2.05) is 11.8 Å². The number of benzene rings is 2. The highest BCUT2D eigenvalue weighted by Gasteiger charge is 2.43. The highest BCUT2D eigenvalue weighted by atomic mass is 32.2. The zero-order valence-corrected chi connectivity index (χ0v) is 14.9. The SMILES string of the molecule is CCOC(=O)C1=C2CC(c3cccc4ccccc34)SC2SC1=N. The number of hydrogen-bond acceptors (Lipinski definition) is 5. The Morgan fingerprint density at radius 1 is 1.25 bits per heavy atom. The van der Waals surface area contributed by atoms with E-state index in [-0.39, 0.29) is 10.6 Å². The van der Waals surface area contributed by atoms with Crippen LogP contribution in [0.25, 0.3) is 10.8 Å². The number of esters is 1. The molecule has 2 unspecified atom stereocenters. The van der Waals surface area contributed by atoms with E-state index in [1.165, 1.54) is 28.1 Å². The van der Waals surface area contributed by atoms with E-state index in [1.54, 1.807) is 6.92 Å². The van der Waals surface area contributed by atoms with Crippen molar-refractivity contribution < 1.29 is 9.53 Å². The lowest BCUT2D eigenvalue weighted by molar-refractivity contribution is -0.137. The fraction of sp³-hybridized carbons (Fsp3) is 0.263. The summed E-state index contributed by atoms with van der Waals surface area (Å²) in [6.45, 7) is 2.15.